The first-order chi connectivity index (χ1) is 14.6. The number of halogens is 2. The van der Waals surface area contributed by atoms with Crippen LogP contribution in [-0.4, -0.2) is 50.2 Å². The molecule has 1 aliphatic rings. The van der Waals surface area contributed by atoms with Crippen LogP contribution < -0.4 is 5.32 Å². The number of benzene rings is 1. The highest BCUT2D eigenvalue weighted by Crippen LogP contribution is 2.27. The molecule has 1 saturated heterocycles. The van der Waals surface area contributed by atoms with Gasteiger partial charge in [0.15, 0.2) is 5.96 Å². The van der Waals surface area contributed by atoms with Gasteiger partial charge < -0.3 is 19.3 Å². The van der Waals surface area contributed by atoms with Crippen LogP contribution in [0.5, 0.6) is 0 Å². The summed E-state index contributed by atoms with van der Waals surface area (Å²) in [5, 5.41) is 8.09. The molecule has 0 spiro atoms. The monoisotopic (exact) mass is 555 g/mol. The number of nitrogens with one attached hydrogen (secondary N) is 1. The third kappa shape index (κ3) is 5.76. The van der Waals surface area contributed by atoms with E-state index in [1.807, 2.05) is 43.0 Å². The number of hydrogen-bond donors (Lipinski definition) is 1. The fourth-order valence-corrected chi connectivity index (χ4v) is 3.92. The highest BCUT2D eigenvalue weighted by Gasteiger charge is 2.29. The van der Waals surface area contributed by atoms with E-state index in [4.69, 9.17) is 21.1 Å². The molecule has 10 heteroatoms. The SMILES string of the molecule is CCNC(=NCc1nc(-c2cccc(Cl)c2)no1)N1CCC(C)C(n2ccnc2)C1.I. The molecule has 1 aromatic carbocycles. The lowest BCUT2D eigenvalue weighted by molar-refractivity contribution is 0.189. The molecular weight excluding hydrogens is 529 g/mol. The molecule has 166 valence electrons. The van der Waals surface area contributed by atoms with Crippen LogP contribution in [0.4, 0.5) is 0 Å². The van der Waals surface area contributed by atoms with Crippen LogP contribution in [0.3, 0.4) is 0 Å². The van der Waals surface area contributed by atoms with E-state index in [2.05, 4.69) is 43.8 Å². The average Bonchev–Trinajstić information content (AvgIpc) is 3.44. The molecule has 3 aromatic rings. The number of imidazole rings is 1. The average molecular weight is 556 g/mol. The van der Waals surface area contributed by atoms with Gasteiger partial charge in [0.1, 0.15) is 6.54 Å². The van der Waals surface area contributed by atoms with Crippen molar-refractivity contribution >= 4 is 41.5 Å². The second-order valence-electron chi connectivity index (χ2n) is 7.48. The number of rotatable bonds is 5. The Hall–Kier alpha value is -2.14. The van der Waals surface area contributed by atoms with Crippen LogP contribution in [0.15, 0.2) is 52.5 Å². The Balaban J connectivity index is 0.00000272. The minimum Gasteiger partial charge on any atom is -0.357 e. The molecule has 2 unspecified atom stereocenters. The highest BCUT2D eigenvalue weighted by atomic mass is 127. The van der Waals surface area contributed by atoms with Gasteiger partial charge in [-0.1, -0.05) is 35.8 Å². The van der Waals surface area contributed by atoms with Crippen LogP contribution in [0, 0.1) is 5.92 Å². The topological polar surface area (TPSA) is 84.4 Å². The Labute approximate surface area is 204 Å². The summed E-state index contributed by atoms with van der Waals surface area (Å²) in [7, 11) is 0. The minimum absolute atomic E-state index is 0. The first-order valence-corrected chi connectivity index (χ1v) is 10.6. The Morgan fingerprint density at radius 1 is 1.39 bits per heavy atom. The molecule has 31 heavy (non-hydrogen) atoms. The molecule has 1 fully saturated rings. The van der Waals surface area contributed by atoms with E-state index in [0.29, 0.717) is 35.2 Å². The van der Waals surface area contributed by atoms with Gasteiger partial charge in [-0.2, -0.15) is 4.98 Å². The Bertz CT molecular complexity index is 991. The van der Waals surface area contributed by atoms with Crippen molar-refractivity contribution in [2.75, 3.05) is 19.6 Å². The summed E-state index contributed by atoms with van der Waals surface area (Å²) in [4.78, 5) is 15.7. The van der Waals surface area contributed by atoms with Crippen molar-refractivity contribution in [2.24, 2.45) is 10.9 Å². The second-order valence-corrected chi connectivity index (χ2v) is 7.92. The van der Waals surface area contributed by atoms with Crippen LogP contribution in [-0.2, 0) is 6.54 Å². The van der Waals surface area contributed by atoms with E-state index in [-0.39, 0.29) is 24.0 Å². The third-order valence-corrected chi connectivity index (χ3v) is 5.61. The zero-order chi connectivity index (χ0) is 20.9. The lowest BCUT2D eigenvalue weighted by atomic mass is 9.93. The molecule has 1 N–H and O–H groups in total. The summed E-state index contributed by atoms with van der Waals surface area (Å²) in [6.07, 6.45) is 6.85. The lowest BCUT2D eigenvalue weighted by Crippen LogP contribution is -2.49. The summed E-state index contributed by atoms with van der Waals surface area (Å²) >= 11 is 6.06. The number of aromatic nitrogens is 4. The maximum Gasteiger partial charge on any atom is 0.248 e. The van der Waals surface area contributed by atoms with Crippen molar-refractivity contribution in [3.05, 3.63) is 53.9 Å². The van der Waals surface area contributed by atoms with Gasteiger partial charge in [0.25, 0.3) is 0 Å². The van der Waals surface area contributed by atoms with Crippen LogP contribution in [0.25, 0.3) is 11.4 Å². The molecule has 0 saturated carbocycles. The molecule has 8 nitrogen and oxygen atoms in total. The molecule has 1 aliphatic heterocycles. The van der Waals surface area contributed by atoms with Crippen molar-refractivity contribution in [1.29, 1.82) is 0 Å². The fraction of sp³-hybridized carbons (Fsp3) is 0.429. The zero-order valence-corrected chi connectivity index (χ0v) is 20.7. The van der Waals surface area contributed by atoms with Gasteiger partial charge in [0.05, 0.1) is 12.4 Å². The van der Waals surface area contributed by atoms with E-state index in [0.717, 1.165) is 37.6 Å². The van der Waals surface area contributed by atoms with Gasteiger partial charge in [-0.25, -0.2) is 9.98 Å². The number of likely N-dealkylation sites (tertiary alicyclic amines) is 1. The summed E-state index contributed by atoms with van der Waals surface area (Å²) in [5.74, 6) is 2.42. The van der Waals surface area contributed by atoms with Gasteiger partial charge in [-0.05, 0) is 31.4 Å². The fourth-order valence-electron chi connectivity index (χ4n) is 3.73. The molecule has 0 bridgehead atoms. The smallest absolute Gasteiger partial charge is 0.248 e. The maximum absolute atomic E-state index is 6.06. The number of hydrogen-bond acceptors (Lipinski definition) is 5. The summed E-state index contributed by atoms with van der Waals surface area (Å²) in [6.45, 7) is 7.30. The van der Waals surface area contributed by atoms with Crippen LogP contribution >= 0.6 is 35.6 Å². The third-order valence-electron chi connectivity index (χ3n) is 5.38. The molecule has 2 atom stereocenters. The van der Waals surface area contributed by atoms with Crippen LogP contribution in [0.1, 0.15) is 32.2 Å². The minimum atomic E-state index is 0. The number of guanidine groups is 1. The van der Waals surface area contributed by atoms with Gasteiger partial charge in [0.2, 0.25) is 11.7 Å². The second kappa shape index (κ2) is 10.9. The maximum atomic E-state index is 6.06. The van der Waals surface area contributed by atoms with Gasteiger partial charge in [-0.15, -0.1) is 24.0 Å². The van der Waals surface area contributed by atoms with E-state index >= 15 is 0 Å². The summed E-state index contributed by atoms with van der Waals surface area (Å²) in [6, 6.07) is 7.76. The van der Waals surface area contributed by atoms with Gasteiger partial charge in [-0.3, -0.25) is 0 Å². The predicted octanol–water partition coefficient (Wildman–Crippen LogP) is 4.25. The number of nitrogens with zero attached hydrogens (tertiary/aromatic N) is 6. The molecule has 4 rings (SSSR count). The standard InChI is InChI=1S/C21H26ClN7O.HI/c1-3-24-21(28-9-7-15(2)18(13-28)29-10-8-23-14-29)25-12-19-26-20(27-30-19)16-5-4-6-17(22)11-16;/h4-6,8,10-11,14-15,18H,3,7,9,12-13H2,1-2H3,(H,24,25);1H. The first-order valence-electron chi connectivity index (χ1n) is 10.2. The zero-order valence-electron chi connectivity index (χ0n) is 17.6. The van der Waals surface area contributed by atoms with Crippen molar-refractivity contribution < 1.29 is 4.52 Å². The predicted molar refractivity (Wildman–Crippen MR) is 132 cm³/mol. The van der Waals surface area contributed by atoms with Crippen molar-refractivity contribution in [2.45, 2.75) is 32.9 Å². The summed E-state index contributed by atoms with van der Waals surface area (Å²) in [5.41, 5.74) is 0.821. The van der Waals surface area contributed by atoms with E-state index in [1.165, 1.54) is 0 Å². The molecule has 0 amide bonds. The van der Waals surface area contributed by atoms with E-state index in [1.54, 1.807) is 0 Å². The molecule has 2 aromatic heterocycles. The van der Waals surface area contributed by atoms with Crippen molar-refractivity contribution in [3.8, 4) is 11.4 Å². The molecule has 0 radical (unpaired) electrons. The van der Waals surface area contributed by atoms with Crippen LogP contribution in [0.2, 0.25) is 5.02 Å². The highest BCUT2D eigenvalue weighted by molar-refractivity contribution is 14.0. The molecular formula is C21H27ClIN7O. The normalized spacial score (nSPS) is 19.2. The van der Waals surface area contributed by atoms with Gasteiger partial charge >= 0.3 is 0 Å². The first kappa shape index (κ1) is 23.5. The Kier molecular flexibility index (Phi) is 8.30. The Morgan fingerprint density at radius 2 is 2.26 bits per heavy atom. The van der Waals surface area contributed by atoms with E-state index in [9.17, 15) is 0 Å². The summed E-state index contributed by atoms with van der Waals surface area (Å²) < 4.78 is 7.59. The van der Waals surface area contributed by atoms with Crippen molar-refractivity contribution in [3.63, 3.8) is 0 Å². The molecule has 3 heterocycles. The largest absolute Gasteiger partial charge is 0.357 e. The van der Waals surface area contributed by atoms with E-state index < -0.39 is 0 Å². The van der Waals surface area contributed by atoms with Gasteiger partial charge in [0, 0.05) is 42.6 Å². The molecule has 0 aliphatic carbocycles. The number of piperidine rings is 1. The number of aliphatic imine (C=N–C) groups is 1. The van der Waals surface area contributed by atoms with Crippen molar-refractivity contribution in [1.82, 2.24) is 29.9 Å². The quantitative estimate of drug-likeness (QED) is 0.288. The lowest BCUT2D eigenvalue weighted by Gasteiger charge is -2.39. The Morgan fingerprint density at radius 3 is 3.00 bits per heavy atom.